The van der Waals surface area contributed by atoms with Crippen molar-refractivity contribution in [2.24, 2.45) is 5.92 Å². The van der Waals surface area contributed by atoms with Gasteiger partial charge in [0.2, 0.25) is 0 Å². The van der Waals surface area contributed by atoms with E-state index in [2.05, 4.69) is 17.2 Å². The van der Waals surface area contributed by atoms with Crippen molar-refractivity contribution in [3.63, 3.8) is 0 Å². The van der Waals surface area contributed by atoms with E-state index in [9.17, 15) is 0 Å². The maximum Gasteiger partial charge on any atom is 0.256 e. The predicted octanol–water partition coefficient (Wildman–Crippen LogP) is 3.55. The third-order valence-electron chi connectivity index (χ3n) is 3.71. The molecule has 2 rings (SSSR count). The highest BCUT2D eigenvalue weighted by Crippen LogP contribution is 2.24. The van der Waals surface area contributed by atoms with E-state index in [0.717, 1.165) is 40.9 Å². The fourth-order valence-corrected chi connectivity index (χ4v) is 3.31. The topological polar surface area (TPSA) is 38.1 Å². The van der Waals surface area contributed by atoms with Crippen molar-refractivity contribution < 1.29 is 4.42 Å². The predicted molar refractivity (Wildman–Crippen MR) is 76.1 cm³/mol. The van der Waals surface area contributed by atoms with E-state index in [1.54, 1.807) is 11.8 Å². The lowest BCUT2D eigenvalue weighted by atomic mass is 9.87. The number of nitrogens with zero attached hydrogens (tertiary/aromatic N) is 1. The molecule has 0 radical (unpaired) electrons. The van der Waals surface area contributed by atoms with Gasteiger partial charge in [0.25, 0.3) is 5.22 Å². The maximum absolute atomic E-state index is 5.55. The van der Waals surface area contributed by atoms with Crippen molar-refractivity contribution in [2.75, 3.05) is 12.3 Å². The van der Waals surface area contributed by atoms with Crippen molar-refractivity contribution >= 4 is 11.8 Å². The highest BCUT2D eigenvalue weighted by Gasteiger charge is 2.17. The van der Waals surface area contributed by atoms with Gasteiger partial charge in [-0.1, -0.05) is 31.5 Å². The van der Waals surface area contributed by atoms with Gasteiger partial charge in [-0.15, -0.1) is 0 Å². The van der Waals surface area contributed by atoms with Crippen LogP contribution in [0, 0.1) is 19.8 Å². The molecule has 0 aromatic carbocycles. The molecule has 3 nitrogen and oxygen atoms in total. The Kier molecular flexibility index (Phi) is 5.13. The molecular formula is C14H24N2OS. The molecule has 102 valence electrons. The van der Waals surface area contributed by atoms with Gasteiger partial charge in [0, 0.05) is 18.3 Å². The first-order chi connectivity index (χ1) is 8.65. The van der Waals surface area contributed by atoms with Crippen LogP contribution < -0.4 is 5.32 Å². The zero-order valence-corrected chi connectivity index (χ0v) is 12.5. The molecule has 0 saturated heterocycles. The Morgan fingerprint density at radius 2 is 2.22 bits per heavy atom. The number of aromatic nitrogens is 1. The third-order valence-corrected chi connectivity index (χ3v) is 4.54. The van der Waals surface area contributed by atoms with Crippen LogP contribution in [0.3, 0.4) is 0 Å². The molecule has 1 aliphatic rings. The lowest BCUT2D eigenvalue weighted by Gasteiger charge is -2.27. The van der Waals surface area contributed by atoms with E-state index >= 15 is 0 Å². The van der Waals surface area contributed by atoms with Gasteiger partial charge in [-0.25, -0.2) is 4.98 Å². The Hall–Kier alpha value is -0.480. The Morgan fingerprint density at radius 3 is 2.89 bits per heavy atom. The van der Waals surface area contributed by atoms with Gasteiger partial charge in [-0.2, -0.15) is 0 Å². The van der Waals surface area contributed by atoms with E-state index in [1.807, 2.05) is 13.8 Å². The van der Waals surface area contributed by atoms with E-state index in [0.29, 0.717) is 0 Å². The zero-order valence-electron chi connectivity index (χ0n) is 11.7. The summed E-state index contributed by atoms with van der Waals surface area (Å²) >= 11 is 1.70. The van der Waals surface area contributed by atoms with Gasteiger partial charge in [-0.05, 0) is 32.6 Å². The Balaban J connectivity index is 1.63. The minimum Gasteiger partial charge on any atom is -0.437 e. The van der Waals surface area contributed by atoms with Crippen molar-refractivity contribution in [3.05, 3.63) is 11.5 Å². The lowest BCUT2D eigenvalue weighted by Crippen LogP contribution is -2.34. The van der Waals surface area contributed by atoms with E-state index in [-0.39, 0.29) is 0 Å². The first-order valence-electron chi connectivity index (χ1n) is 6.95. The second kappa shape index (κ2) is 6.62. The van der Waals surface area contributed by atoms with Crippen LogP contribution in [0.5, 0.6) is 0 Å². The molecule has 1 aliphatic carbocycles. The summed E-state index contributed by atoms with van der Waals surface area (Å²) in [6, 6.07) is 0.724. The molecule has 0 spiro atoms. The number of nitrogens with one attached hydrogen (secondary N) is 1. The SMILES string of the molecule is Cc1nc(SCCNC2CCCC(C)C2)oc1C. The second-order valence-electron chi connectivity index (χ2n) is 5.39. The molecule has 1 saturated carbocycles. The van der Waals surface area contributed by atoms with Crippen LogP contribution in [0.25, 0.3) is 0 Å². The van der Waals surface area contributed by atoms with Gasteiger partial charge in [0.05, 0.1) is 5.69 Å². The molecule has 2 unspecified atom stereocenters. The Morgan fingerprint density at radius 1 is 1.39 bits per heavy atom. The summed E-state index contributed by atoms with van der Waals surface area (Å²) in [5.41, 5.74) is 1.01. The Bertz CT molecular complexity index is 358. The number of aryl methyl sites for hydroxylation is 2. The summed E-state index contributed by atoms with van der Waals surface area (Å²) in [7, 11) is 0. The van der Waals surface area contributed by atoms with Crippen LogP contribution in [0.4, 0.5) is 0 Å². The van der Waals surface area contributed by atoms with Gasteiger partial charge in [0.15, 0.2) is 0 Å². The summed E-state index contributed by atoms with van der Waals surface area (Å²) in [6.45, 7) is 7.36. The minimum absolute atomic E-state index is 0.724. The van der Waals surface area contributed by atoms with E-state index in [4.69, 9.17) is 4.42 Å². The van der Waals surface area contributed by atoms with Crippen molar-refractivity contribution in [2.45, 2.75) is 57.7 Å². The molecule has 0 bridgehead atoms. The van der Waals surface area contributed by atoms with Crippen LogP contribution in [0.15, 0.2) is 9.64 Å². The molecule has 1 fully saturated rings. The molecule has 1 aromatic heterocycles. The molecule has 2 atom stereocenters. The Labute approximate surface area is 114 Å². The highest BCUT2D eigenvalue weighted by atomic mass is 32.2. The molecule has 0 amide bonds. The third kappa shape index (κ3) is 4.02. The van der Waals surface area contributed by atoms with Crippen molar-refractivity contribution in [1.29, 1.82) is 0 Å². The van der Waals surface area contributed by atoms with Crippen LogP contribution in [0.2, 0.25) is 0 Å². The molecule has 4 heteroatoms. The van der Waals surface area contributed by atoms with Crippen LogP contribution in [-0.2, 0) is 0 Å². The van der Waals surface area contributed by atoms with Gasteiger partial charge >= 0.3 is 0 Å². The standard InChI is InChI=1S/C14H24N2OS/c1-10-5-4-6-13(9-10)15-7-8-18-14-16-11(2)12(3)17-14/h10,13,15H,4-9H2,1-3H3. The fourth-order valence-electron chi connectivity index (χ4n) is 2.53. The first-order valence-corrected chi connectivity index (χ1v) is 7.94. The molecule has 1 aromatic rings. The fraction of sp³-hybridized carbons (Fsp3) is 0.786. The molecule has 18 heavy (non-hydrogen) atoms. The van der Waals surface area contributed by atoms with Crippen molar-refractivity contribution in [1.82, 2.24) is 10.3 Å². The summed E-state index contributed by atoms with van der Waals surface area (Å²) in [5.74, 6) is 2.86. The van der Waals surface area contributed by atoms with E-state index < -0.39 is 0 Å². The van der Waals surface area contributed by atoms with Gasteiger partial charge in [-0.3, -0.25) is 0 Å². The van der Waals surface area contributed by atoms with Crippen LogP contribution in [-0.4, -0.2) is 23.3 Å². The average molecular weight is 268 g/mol. The molecule has 0 aliphatic heterocycles. The summed E-state index contributed by atoms with van der Waals surface area (Å²) in [5, 5.41) is 4.46. The van der Waals surface area contributed by atoms with Crippen molar-refractivity contribution in [3.8, 4) is 0 Å². The smallest absolute Gasteiger partial charge is 0.256 e. The summed E-state index contributed by atoms with van der Waals surface area (Å²) in [4.78, 5) is 4.38. The van der Waals surface area contributed by atoms with E-state index in [1.165, 1.54) is 25.7 Å². The molecule has 1 N–H and O–H groups in total. The number of thioether (sulfide) groups is 1. The number of hydrogen-bond donors (Lipinski definition) is 1. The molecule has 1 heterocycles. The normalized spacial score (nSPS) is 24.4. The monoisotopic (exact) mass is 268 g/mol. The van der Waals surface area contributed by atoms with Gasteiger partial charge < -0.3 is 9.73 Å². The van der Waals surface area contributed by atoms with Crippen LogP contribution >= 0.6 is 11.8 Å². The quantitative estimate of drug-likeness (QED) is 0.654. The largest absolute Gasteiger partial charge is 0.437 e. The highest BCUT2D eigenvalue weighted by molar-refractivity contribution is 7.99. The summed E-state index contributed by atoms with van der Waals surface area (Å²) < 4.78 is 5.55. The van der Waals surface area contributed by atoms with Crippen LogP contribution in [0.1, 0.15) is 44.1 Å². The number of oxazole rings is 1. The summed E-state index contributed by atoms with van der Waals surface area (Å²) in [6.07, 6.45) is 5.46. The molecular weight excluding hydrogens is 244 g/mol. The van der Waals surface area contributed by atoms with Gasteiger partial charge in [0.1, 0.15) is 5.76 Å². The zero-order chi connectivity index (χ0) is 13.0. The number of hydrogen-bond acceptors (Lipinski definition) is 4. The maximum atomic E-state index is 5.55. The lowest BCUT2D eigenvalue weighted by molar-refractivity contribution is 0.306. The second-order valence-corrected chi connectivity index (χ2v) is 6.44. The first kappa shape index (κ1) is 13.9. The number of rotatable bonds is 5. The minimum atomic E-state index is 0.724. The average Bonchev–Trinajstić information content (AvgIpc) is 2.65.